The molecule has 0 radical (unpaired) electrons. The molecule has 0 aliphatic carbocycles. The Hall–Kier alpha value is -0.610. The van der Waals surface area contributed by atoms with Crippen molar-refractivity contribution in [1.82, 2.24) is 4.90 Å². The number of hydrogen-bond acceptors (Lipinski definition) is 3. The first kappa shape index (κ1) is 16.4. The van der Waals surface area contributed by atoms with E-state index < -0.39 is 0 Å². The number of nitrogens with zero attached hydrogens (tertiary/aromatic N) is 1. The van der Waals surface area contributed by atoms with Gasteiger partial charge in [-0.1, -0.05) is 13.8 Å². The zero-order chi connectivity index (χ0) is 14.4. The Morgan fingerprint density at radius 1 is 1.37 bits per heavy atom. The number of ether oxygens (including phenoxy) is 1. The monoisotopic (exact) mass is 270 g/mol. The van der Waals surface area contributed by atoms with E-state index in [2.05, 4.69) is 20.8 Å². The highest BCUT2D eigenvalue weighted by Gasteiger charge is 2.27. The quantitative estimate of drug-likeness (QED) is 0.803. The molecule has 19 heavy (non-hydrogen) atoms. The van der Waals surface area contributed by atoms with Crippen molar-refractivity contribution in [2.45, 2.75) is 59.1 Å². The Bertz CT molecular complexity index is 281. The number of rotatable bonds is 6. The van der Waals surface area contributed by atoms with Gasteiger partial charge in [-0.2, -0.15) is 0 Å². The van der Waals surface area contributed by atoms with Crippen molar-refractivity contribution in [2.24, 2.45) is 17.6 Å². The maximum Gasteiger partial charge on any atom is 0.222 e. The normalized spacial score (nSPS) is 25.7. The molecule has 3 atom stereocenters. The van der Waals surface area contributed by atoms with Gasteiger partial charge in [0, 0.05) is 13.0 Å². The molecule has 0 aromatic heterocycles. The second-order valence-electron chi connectivity index (χ2n) is 6.16. The van der Waals surface area contributed by atoms with Gasteiger partial charge >= 0.3 is 0 Å². The summed E-state index contributed by atoms with van der Waals surface area (Å²) in [6.45, 7) is 10.6. The van der Waals surface area contributed by atoms with Crippen molar-refractivity contribution >= 4 is 5.91 Å². The first-order chi connectivity index (χ1) is 8.95. The SMILES string of the molecule is CC1CN(C(=O)CCC(CCN)C(C)C)C(C)CO1. The molecule has 1 fully saturated rings. The minimum Gasteiger partial charge on any atom is -0.375 e. The van der Waals surface area contributed by atoms with Crippen LogP contribution in [0.4, 0.5) is 0 Å². The highest BCUT2D eigenvalue weighted by Crippen LogP contribution is 2.22. The van der Waals surface area contributed by atoms with Gasteiger partial charge < -0.3 is 15.4 Å². The van der Waals surface area contributed by atoms with Gasteiger partial charge in [0.25, 0.3) is 0 Å². The van der Waals surface area contributed by atoms with E-state index in [9.17, 15) is 4.79 Å². The van der Waals surface area contributed by atoms with Crippen molar-refractivity contribution < 1.29 is 9.53 Å². The van der Waals surface area contributed by atoms with Gasteiger partial charge in [0.05, 0.1) is 18.8 Å². The Labute approximate surface area is 117 Å². The topological polar surface area (TPSA) is 55.6 Å². The van der Waals surface area contributed by atoms with E-state index in [0.717, 1.165) is 19.4 Å². The summed E-state index contributed by atoms with van der Waals surface area (Å²) in [5, 5.41) is 0. The molecule has 1 saturated heterocycles. The summed E-state index contributed by atoms with van der Waals surface area (Å²) < 4.78 is 5.56. The summed E-state index contributed by atoms with van der Waals surface area (Å²) in [6.07, 6.45) is 2.76. The fraction of sp³-hybridized carbons (Fsp3) is 0.933. The maximum absolute atomic E-state index is 12.3. The fourth-order valence-corrected chi connectivity index (χ4v) is 2.73. The minimum atomic E-state index is 0.157. The number of nitrogens with two attached hydrogens (primary N) is 1. The molecule has 0 bridgehead atoms. The zero-order valence-electron chi connectivity index (χ0n) is 12.9. The number of morpholine rings is 1. The maximum atomic E-state index is 12.3. The molecule has 0 aromatic rings. The second-order valence-corrected chi connectivity index (χ2v) is 6.16. The summed E-state index contributed by atoms with van der Waals surface area (Å²) in [4.78, 5) is 14.3. The van der Waals surface area contributed by atoms with Gasteiger partial charge in [-0.05, 0) is 45.1 Å². The lowest BCUT2D eigenvalue weighted by Gasteiger charge is -2.37. The van der Waals surface area contributed by atoms with E-state index in [1.165, 1.54) is 0 Å². The summed E-state index contributed by atoms with van der Waals surface area (Å²) in [5.74, 6) is 1.42. The largest absolute Gasteiger partial charge is 0.375 e. The predicted molar refractivity (Wildman–Crippen MR) is 77.8 cm³/mol. The third-order valence-corrected chi connectivity index (χ3v) is 4.14. The third-order valence-electron chi connectivity index (χ3n) is 4.14. The van der Waals surface area contributed by atoms with E-state index in [1.807, 2.05) is 11.8 Å². The van der Waals surface area contributed by atoms with Crippen molar-refractivity contribution in [2.75, 3.05) is 19.7 Å². The number of carbonyl (C=O) groups excluding carboxylic acids is 1. The molecule has 0 aromatic carbocycles. The second kappa shape index (κ2) is 7.85. The highest BCUT2D eigenvalue weighted by molar-refractivity contribution is 5.76. The average molecular weight is 270 g/mol. The first-order valence-corrected chi connectivity index (χ1v) is 7.56. The van der Waals surface area contributed by atoms with Crippen LogP contribution in [0.15, 0.2) is 0 Å². The zero-order valence-corrected chi connectivity index (χ0v) is 12.9. The molecular weight excluding hydrogens is 240 g/mol. The molecule has 1 aliphatic heterocycles. The minimum absolute atomic E-state index is 0.157. The van der Waals surface area contributed by atoms with E-state index in [1.54, 1.807) is 0 Å². The van der Waals surface area contributed by atoms with Crippen LogP contribution in [0.3, 0.4) is 0 Å². The van der Waals surface area contributed by atoms with Gasteiger partial charge in [-0.3, -0.25) is 4.79 Å². The van der Waals surface area contributed by atoms with Crippen LogP contribution in [-0.2, 0) is 9.53 Å². The molecule has 3 unspecified atom stereocenters. The van der Waals surface area contributed by atoms with Crippen LogP contribution >= 0.6 is 0 Å². The summed E-state index contributed by atoms with van der Waals surface area (Å²) in [6, 6.07) is 0.204. The lowest BCUT2D eigenvalue weighted by molar-refractivity contribution is -0.143. The van der Waals surface area contributed by atoms with Crippen molar-refractivity contribution in [3.05, 3.63) is 0 Å². The van der Waals surface area contributed by atoms with Gasteiger partial charge in [0.2, 0.25) is 5.91 Å². The van der Waals surface area contributed by atoms with Gasteiger partial charge in [-0.25, -0.2) is 0 Å². The molecule has 2 N–H and O–H groups in total. The molecule has 0 saturated carbocycles. The highest BCUT2D eigenvalue weighted by atomic mass is 16.5. The average Bonchev–Trinajstić information content (AvgIpc) is 2.36. The van der Waals surface area contributed by atoms with E-state index >= 15 is 0 Å². The van der Waals surface area contributed by atoms with Crippen molar-refractivity contribution in [1.29, 1.82) is 0 Å². The number of carbonyl (C=O) groups is 1. The standard InChI is InChI=1S/C15H30N2O2/c1-11(2)14(7-8-16)5-6-15(18)17-9-13(4)19-10-12(17)3/h11-14H,5-10,16H2,1-4H3. The Morgan fingerprint density at radius 3 is 2.63 bits per heavy atom. The van der Waals surface area contributed by atoms with Crippen LogP contribution in [0.5, 0.6) is 0 Å². The van der Waals surface area contributed by atoms with Crippen LogP contribution in [0.25, 0.3) is 0 Å². The van der Waals surface area contributed by atoms with E-state index in [4.69, 9.17) is 10.5 Å². The number of hydrogen-bond donors (Lipinski definition) is 1. The van der Waals surface area contributed by atoms with Gasteiger partial charge in [0.15, 0.2) is 0 Å². The van der Waals surface area contributed by atoms with Crippen molar-refractivity contribution in [3.63, 3.8) is 0 Å². The number of amides is 1. The van der Waals surface area contributed by atoms with Gasteiger partial charge in [-0.15, -0.1) is 0 Å². The molecule has 4 heteroatoms. The first-order valence-electron chi connectivity index (χ1n) is 7.56. The fourth-order valence-electron chi connectivity index (χ4n) is 2.73. The molecule has 1 aliphatic rings. The Morgan fingerprint density at radius 2 is 2.05 bits per heavy atom. The van der Waals surface area contributed by atoms with Crippen LogP contribution in [0.2, 0.25) is 0 Å². The van der Waals surface area contributed by atoms with Crippen LogP contribution in [0.1, 0.15) is 47.0 Å². The predicted octanol–water partition coefficient (Wildman–Crippen LogP) is 2.02. The third kappa shape index (κ3) is 5.11. The molecule has 4 nitrogen and oxygen atoms in total. The summed E-state index contributed by atoms with van der Waals surface area (Å²) >= 11 is 0. The molecule has 1 heterocycles. The lowest BCUT2D eigenvalue weighted by Crippen LogP contribution is -2.50. The summed E-state index contributed by atoms with van der Waals surface area (Å²) in [5.41, 5.74) is 5.64. The molecular formula is C15H30N2O2. The van der Waals surface area contributed by atoms with E-state index in [0.29, 0.717) is 31.4 Å². The Kier molecular flexibility index (Phi) is 6.80. The Balaban J connectivity index is 2.44. The summed E-state index contributed by atoms with van der Waals surface area (Å²) in [7, 11) is 0. The van der Waals surface area contributed by atoms with Gasteiger partial charge in [0.1, 0.15) is 0 Å². The van der Waals surface area contributed by atoms with Crippen LogP contribution in [-0.4, -0.2) is 42.6 Å². The van der Waals surface area contributed by atoms with E-state index in [-0.39, 0.29) is 18.1 Å². The molecule has 0 spiro atoms. The molecule has 1 rings (SSSR count). The van der Waals surface area contributed by atoms with Crippen LogP contribution < -0.4 is 5.73 Å². The molecule has 1 amide bonds. The van der Waals surface area contributed by atoms with Crippen LogP contribution in [0, 0.1) is 11.8 Å². The van der Waals surface area contributed by atoms with Crippen molar-refractivity contribution in [3.8, 4) is 0 Å². The smallest absolute Gasteiger partial charge is 0.222 e. The molecule has 112 valence electrons. The lowest BCUT2D eigenvalue weighted by atomic mass is 9.88.